The van der Waals surface area contributed by atoms with Crippen molar-refractivity contribution < 1.29 is 14.3 Å². The Kier molecular flexibility index (Phi) is 9.84. The van der Waals surface area contributed by atoms with Crippen molar-refractivity contribution in [2.45, 2.75) is 43.9 Å². The molecule has 0 radical (unpaired) electrons. The summed E-state index contributed by atoms with van der Waals surface area (Å²) in [6.45, 7) is 2.00. The minimum Gasteiger partial charge on any atom is -0.489 e. The van der Waals surface area contributed by atoms with Gasteiger partial charge in [-0.05, 0) is 42.5 Å². The highest BCUT2D eigenvalue weighted by atomic mass is 35.5. The molecule has 0 unspecified atom stereocenters. The minimum absolute atomic E-state index is 0.0823. The molecule has 2 aromatic carbocycles. The van der Waals surface area contributed by atoms with E-state index in [0.717, 1.165) is 16.9 Å². The van der Waals surface area contributed by atoms with Crippen LogP contribution in [0.5, 0.6) is 5.75 Å². The first-order valence-electron chi connectivity index (χ1n) is 14.2. The number of halogens is 1. The number of aryl methyl sites for hydroxylation is 1. The Bertz CT molecular complexity index is 1530. The zero-order valence-electron chi connectivity index (χ0n) is 24.3. The van der Waals surface area contributed by atoms with Crippen LogP contribution in [0, 0.1) is 0 Å². The van der Waals surface area contributed by atoms with Gasteiger partial charge in [0.2, 0.25) is 17.7 Å². The van der Waals surface area contributed by atoms with Gasteiger partial charge in [0.15, 0.2) is 17.0 Å². The summed E-state index contributed by atoms with van der Waals surface area (Å²) in [7, 11) is 0. The third kappa shape index (κ3) is 7.71. The summed E-state index contributed by atoms with van der Waals surface area (Å²) >= 11 is 6.12. The molecule has 1 atom stereocenters. The maximum Gasteiger partial charge on any atom is 0.279 e. The van der Waals surface area contributed by atoms with Crippen LogP contribution in [0.3, 0.4) is 0 Å². The standard InChI is InChI=1S/C28H34ClN13O3/c29-23-25(38-40-31)34-24(37-39-30)22(33-23)26(44)35-27-36-28(17-42(27)32)12-14-41(15-13-28)21(43)11-8-18-6-9-20(10-7-18)45-16-19-4-2-1-3-5-19/h1-7,9-10,22,33H,8,11-17,32H2,(H2,31,38)(H2,30,34,37)(H,35,36,44)/t22-/m1/s1. The molecule has 17 heteroatoms. The lowest BCUT2D eigenvalue weighted by Gasteiger charge is -2.38. The highest BCUT2D eigenvalue weighted by Crippen LogP contribution is 2.28. The monoisotopic (exact) mass is 635 g/mol. The van der Waals surface area contributed by atoms with E-state index in [1.165, 1.54) is 5.01 Å². The molecule has 0 saturated carbocycles. The van der Waals surface area contributed by atoms with Crippen LogP contribution in [-0.4, -0.2) is 64.7 Å². The number of piperidine rings is 1. The number of ether oxygens (including phenoxy) is 1. The van der Waals surface area contributed by atoms with Crippen molar-refractivity contribution in [3.05, 3.63) is 76.7 Å². The summed E-state index contributed by atoms with van der Waals surface area (Å²) < 4.78 is 5.85. The molecule has 3 aliphatic heterocycles. The Balaban J connectivity index is 1.11. The molecule has 0 aromatic heterocycles. The van der Waals surface area contributed by atoms with Gasteiger partial charge in [0.05, 0.1) is 12.1 Å². The molecule has 2 aromatic rings. The van der Waals surface area contributed by atoms with E-state index in [1.54, 1.807) is 0 Å². The smallest absolute Gasteiger partial charge is 0.279 e. The molecule has 16 nitrogen and oxygen atoms in total. The number of hydrogen-bond donors (Lipinski definition) is 5. The predicted octanol–water partition coefficient (Wildman–Crippen LogP) is 1.61. The van der Waals surface area contributed by atoms with Gasteiger partial charge in [-0.3, -0.25) is 14.6 Å². The van der Waals surface area contributed by atoms with E-state index >= 15 is 0 Å². The largest absolute Gasteiger partial charge is 0.489 e. The van der Waals surface area contributed by atoms with Crippen molar-refractivity contribution in [2.24, 2.45) is 48.2 Å². The number of hydrazine groups is 1. The van der Waals surface area contributed by atoms with E-state index in [0.29, 0.717) is 51.9 Å². The van der Waals surface area contributed by atoms with Crippen molar-refractivity contribution in [1.82, 2.24) is 20.5 Å². The normalized spacial score (nSPS) is 20.5. The highest BCUT2D eigenvalue weighted by molar-refractivity contribution is 6.30. The number of amides is 2. The summed E-state index contributed by atoms with van der Waals surface area (Å²) in [6.07, 6.45) is 2.29. The molecule has 1 spiro atoms. The van der Waals surface area contributed by atoms with Gasteiger partial charge in [-0.1, -0.05) is 64.5 Å². The molecule has 3 aliphatic rings. The Labute approximate surface area is 264 Å². The zero-order chi connectivity index (χ0) is 31.8. The van der Waals surface area contributed by atoms with Crippen molar-refractivity contribution >= 4 is 35.2 Å². The number of guanidine groups is 1. The Hall–Kier alpha value is -5.09. The molecule has 3 heterocycles. The van der Waals surface area contributed by atoms with Crippen LogP contribution in [0.1, 0.15) is 30.4 Å². The van der Waals surface area contributed by atoms with Crippen LogP contribution in [-0.2, 0) is 22.6 Å². The topological polar surface area (TPSA) is 226 Å². The maximum atomic E-state index is 13.1. The Morgan fingerprint density at radius 2 is 1.73 bits per heavy atom. The van der Waals surface area contributed by atoms with Crippen molar-refractivity contribution in [3.63, 3.8) is 0 Å². The molecule has 0 aliphatic carbocycles. The van der Waals surface area contributed by atoms with Gasteiger partial charge in [-0.25, -0.2) is 10.8 Å². The number of nitrogens with one attached hydrogen (secondary N) is 2. The SMILES string of the molecule is NN=NC1=NC(N=NN)=C(Cl)N[C@H]1C(=O)/N=C1/NC2(CCN(C(=O)CCc3ccc(OCc4ccccc4)cc3)CC2)CN1N. The fourth-order valence-corrected chi connectivity index (χ4v) is 5.48. The van der Waals surface area contributed by atoms with E-state index in [-0.39, 0.29) is 28.7 Å². The molecular formula is C28H34ClN13O3. The van der Waals surface area contributed by atoms with Crippen LogP contribution in [0.4, 0.5) is 0 Å². The number of rotatable bonds is 8. The van der Waals surface area contributed by atoms with E-state index in [1.807, 2.05) is 59.5 Å². The first-order valence-corrected chi connectivity index (χ1v) is 14.6. The number of carbonyl (C=O) groups excluding carboxylic acids is 2. The molecule has 8 N–H and O–H groups in total. The van der Waals surface area contributed by atoms with Crippen LogP contribution in [0.15, 0.2) is 96.2 Å². The van der Waals surface area contributed by atoms with Crippen LogP contribution >= 0.6 is 11.6 Å². The molecule has 236 valence electrons. The van der Waals surface area contributed by atoms with Gasteiger partial charge < -0.3 is 32.0 Å². The van der Waals surface area contributed by atoms with Crippen LogP contribution in [0.2, 0.25) is 0 Å². The fraction of sp³-hybridized carbons (Fsp3) is 0.357. The first kappa shape index (κ1) is 31.3. The summed E-state index contributed by atoms with van der Waals surface area (Å²) in [5.41, 5.74) is 1.72. The third-order valence-corrected chi connectivity index (χ3v) is 7.99. The Morgan fingerprint density at radius 1 is 1.02 bits per heavy atom. The summed E-state index contributed by atoms with van der Waals surface area (Å²) in [6, 6.07) is 16.6. The van der Waals surface area contributed by atoms with Gasteiger partial charge in [0, 0.05) is 19.5 Å². The van der Waals surface area contributed by atoms with E-state index in [9.17, 15) is 9.59 Å². The number of hydrogen-bond acceptors (Lipinski definition) is 10. The van der Waals surface area contributed by atoms with Crippen molar-refractivity contribution in [3.8, 4) is 5.75 Å². The molecule has 2 fully saturated rings. The second kappa shape index (κ2) is 14.1. The molecule has 5 rings (SSSR count). The van der Waals surface area contributed by atoms with Gasteiger partial charge in [0.1, 0.15) is 12.4 Å². The lowest BCUT2D eigenvalue weighted by atomic mass is 9.88. The second-order valence-electron chi connectivity index (χ2n) is 10.7. The van der Waals surface area contributed by atoms with E-state index in [2.05, 4.69) is 41.3 Å². The van der Waals surface area contributed by atoms with Crippen molar-refractivity contribution in [2.75, 3.05) is 19.6 Å². The van der Waals surface area contributed by atoms with E-state index < -0.39 is 17.5 Å². The molecule has 45 heavy (non-hydrogen) atoms. The first-order chi connectivity index (χ1) is 21.8. The lowest BCUT2D eigenvalue weighted by Crippen LogP contribution is -2.54. The quantitative estimate of drug-likeness (QED) is 0.123. The number of amidine groups is 1. The number of nitrogens with two attached hydrogens (primary N) is 3. The highest BCUT2D eigenvalue weighted by Gasteiger charge is 2.44. The van der Waals surface area contributed by atoms with E-state index in [4.69, 9.17) is 33.9 Å². The zero-order valence-corrected chi connectivity index (χ0v) is 25.1. The minimum atomic E-state index is -1.20. The average Bonchev–Trinajstić information content (AvgIpc) is 3.35. The molecule has 0 bridgehead atoms. The number of benzene rings is 2. The number of likely N-dealkylation sites (tertiary alicyclic amines) is 1. The Morgan fingerprint density at radius 3 is 2.42 bits per heavy atom. The molecule has 2 amide bonds. The van der Waals surface area contributed by atoms with Crippen LogP contribution in [0.25, 0.3) is 0 Å². The lowest BCUT2D eigenvalue weighted by molar-refractivity contribution is -0.132. The molecular weight excluding hydrogens is 602 g/mol. The number of aliphatic imine (C=N–C) groups is 2. The fourth-order valence-electron chi connectivity index (χ4n) is 5.29. The summed E-state index contributed by atoms with van der Waals surface area (Å²) in [5.74, 6) is 16.6. The van der Waals surface area contributed by atoms with Crippen LogP contribution < -0.4 is 32.9 Å². The van der Waals surface area contributed by atoms with Gasteiger partial charge in [0.25, 0.3) is 5.91 Å². The summed E-state index contributed by atoms with van der Waals surface area (Å²) in [5, 5.41) is 20.8. The average molecular weight is 636 g/mol. The van der Waals surface area contributed by atoms with Crippen molar-refractivity contribution in [1.29, 1.82) is 0 Å². The van der Waals surface area contributed by atoms with Gasteiger partial charge in [-0.15, -0.1) is 10.2 Å². The predicted molar refractivity (Wildman–Crippen MR) is 166 cm³/mol. The second-order valence-corrected chi connectivity index (χ2v) is 11.1. The number of nitrogens with zero attached hydrogens (tertiary/aromatic N) is 8. The maximum absolute atomic E-state index is 13.1. The van der Waals surface area contributed by atoms with Gasteiger partial charge >= 0.3 is 0 Å². The summed E-state index contributed by atoms with van der Waals surface area (Å²) in [4.78, 5) is 36.2. The van der Waals surface area contributed by atoms with Gasteiger partial charge in [-0.2, -0.15) is 4.99 Å². The molecule has 2 saturated heterocycles. The third-order valence-electron chi connectivity index (χ3n) is 7.72. The number of carbonyl (C=O) groups is 2.